The van der Waals surface area contributed by atoms with Crippen molar-refractivity contribution < 1.29 is 13.2 Å². The molecule has 0 aromatic rings. The number of hydrogen-bond acceptors (Lipinski definition) is 1. The lowest BCUT2D eigenvalue weighted by Crippen LogP contribution is -2.25. The molecule has 13 heavy (non-hydrogen) atoms. The summed E-state index contributed by atoms with van der Waals surface area (Å²) in [4.78, 5) is 1.64. The van der Waals surface area contributed by atoms with Gasteiger partial charge in [0.15, 0.2) is 0 Å². The highest BCUT2D eigenvalue weighted by Crippen LogP contribution is 2.19. The first kappa shape index (κ1) is 12.3. The van der Waals surface area contributed by atoms with Crippen LogP contribution in [0.5, 0.6) is 0 Å². The third-order valence-electron chi connectivity index (χ3n) is 1.64. The summed E-state index contributed by atoms with van der Waals surface area (Å²) in [6, 6.07) is 0. The molecular formula is C9H14F3N. The predicted octanol–water partition coefficient (Wildman–Crippen LogP) is 2.28. The maximum Gasteiger partial charge on any atom is 0.390 e. The van der Waals surface area contributed by atoms with E-state index in [-0.39, 0.29) is 6.54 Å². The standard InChI is InChI=1S/C9H14F3N/c1-3-4-5-7-13(2)8-6-9(10,11)12/h1H,4-8H2,2H3. The second kappa shape index (κ2) is 5.87. The van der Waals surface area contributed by atoms with E-state index < -0.39 is 12.6 Å². The summed E-state index contributed by atoms with van der Waals surface area (Å²) >= 11 is 0. The van der Waals surface area contributed by atoms with Gasteiger partial charge < -0.3 is 4.90 Å². The van der Waals surface area contributed by atoms with Gasteiger partial charge >= 0.3 is 6.18 Å². The molecule has 0 heterocycles. The molecule has 1 nitrogen and oxygen atoms in total. The SMILES string of the molecule is C#CCCCN(C)CCC(F)(F)F. The minimum absolute atomic E-state index is 0.0497. The second-order valence-electron chi connectivity index (χ2n) is 2.98. The Morgan fingerprint density at radius 1 is 1.31 bits per heavy atom. The zero-order chi connectivity index (χ0) is 10.3. The zero-order valence-corrected chi connectivity index (χ0v) is 7.69. The average molecular weight is 193 g/mol. The van der Waals surface area contributed by atoms with E-state index in [2.05, 4.69) is 5.92 Å². The molecular weight excluding hydrogens is 179 g/mol. The minimum Gasteiger partial charge on any atom is -0.306 e. The maximum absolute atomic E-state index is 11.7. The Morgan fingerprint density at radius 2 is 1.92 bits per heavy atom. The fourth-order valence-corrected chi connectivity index (χ4v) is 0.880. The van der Waals surface area contributed by atoms with Crippen LogP contribution in [0.3, 0.4) is 0 Å². The molecule has 0 saturated carbocycles. The Hall–Kier alpha value is -0.690. The molecule has 0 fully saturated rings. The van der Waals surface area contributed by atoms with E-state index in [0.29, 0.717) is 13.0 Å². The maximum atomic E-state index is 11.7. The largest absolute Gasteiger partial charge is 0.390 e. The first-order valence-electron chi connectivity index (χ1n) is 4.14. The fraction of sp³-hybridized carbons (Fsp3) is 0.778. The quantitative estimate of drug-likeness (QED) is 0.478. The summed E-state index contributed by atoms with van der Waals surface area (Å²) in [6.07, 6.45) is 1.58. The molecule has 0 rings (SSSR count). The molecule has 0 amide bonds. The van der Waals surface area contributed by atoms with Gasteiger partial charge in [-0.1, -0.05) is 0 Å². The Balaban J connectivity index is 3.42. The molecule has 0 aromatic heterocycles. The highest BCUT2D eigenvalue weighted by molar-refractivity contribution is 4.83. The van der Waals surface area contributed by atoms with Crippen molar-refractivity contribution in [3.8, 4) is 12.3 Å². The predicted molar refractivity (Wildman–Crippen MR) is 46.2 cm³/mol. The first-order chi connectivity index (χ1) is 5.95. The summed E-state index contributed by atoms with van der Waals surface area (Å²) in [5, 5.41) is 0. The Labute approximate surface area is 76.9 Å². The van der Waals surface area contributed by atoms with Crippen LogP contribution in [0.15, 0.2) is 0 Å². The van der Waals surface area contributed by atoms with Gasteiger partial charge in [0.1, 0.15) is 0 Å². The Kier molecular flexibility index (Phi) is 5.56. The van der Waals surface area contributed by atoms with Gasteiger partial charge in [0.2, 0.25) is 0 Å². The van der Waals surface area contributed by atoms with Gasteiger partial charge in [0.25, 0.3) is 0 Å². The number of halogens is 3. The zero-order valence-electron chi connectivity index (χ0n) is 7.69. The third-order valence-corrected chi connectivity index (χ3v) is 1.64. The Morgan fingerprint density at radius 3 is 2.38 bits per heavy atom. The van der Waals surface area contributed by atoms with Crippen LogP contribution in [-0.4, -0.2) is 31.2 Å². The lowest BCUT2D eigenvalue weighted by molar-refractivity contribution is -0.137. The van der Waals surface area contributed by atoms with Crippen molar-refractivity contribution in [1.29, 1.82) is 0 Å². The lowest BCUT2D eigenvalue weighted by atomic mass is 10.3. The number of terminal acetylenes is 1. The summed E-state index contributed by atoms with van der Waals surface area (Å²) in [6.45, 7) is 0.675. The number of alkyl halides is 3. The van der Waals surface area contributed by atoms with Crippen molar-refractivity contribution in [3.63, 3.8) is 0 Å². The van der Waals surface area contributed by atoms with Gasteiger partial charge in [0.05, 0.1) is 6.42 Å². The van der Waals surface area contributed by atoms with Crippen molar-refractivity contribution in [2.75, 3.05) is 20.1 Å². The molecule has 0 atom stereocenters. The van der Waals surface area contributed by atoms with Crippen LogP contribution in [0, 0.1) is 12.3 Å². The molecule has 0 aromatic carbocycles. The van der Waals surface area contributed by atoms with Gasteiger partial charge in [0, 0.05) is 13.0 Å². The molecule has 4 heteroatoms. The molecule has 0 bridgehead atoms. The van der Waals surface area contributed by atoms with E-state index in [9.17, 15) is 13.2 Å². The molecule has 0 aliphatic heterocycles. The van der Waals surface area contributed by atoms with Crippen molar-refractivity contribution in [3.05, 3.63) is 0 Å². The summed E-state index contributed by atoms with van der Waals surface area (Å²) in [5.74, 6) is 2.45. The molecule has 0 spiro atoms. The van der Waals surface area contributed by atoms with Gasteiger partial charge in [-0.2, -0.15) is 13.2 Å². The third kappa shape index (κ3) is 9.22. The van der Waals surface area contributed by atoms with Crippen molar-refractivity contribution in [1.82, 2.24) is 4.90 Å². The summed E-state index contributed by atoms with van der Waals surface area (Å²) < 4.78 is 35.2. The van der Waals surface area contributed by atoms with E-state index >= 15 is 0 Å². The molecule has 76 valence electrons. The van der Waals surface area contributed by atoms with Crippen molar-refractivity contribution in [2.24, 2.45) is 0 Å². The minimum atomic E-state index is -4.06. The lowest BCUT2D eigenvalue weighted by Gasteiger charge is -2.16. The van der Waals surface area contributed by atoms with Crippen molar-refractivity contribution in [2.45, 2.75) is 25.4 Å². The van der Waals surface area contributed by atoms with Gasteiger partial charge in [-0.15, -0.1) is 12.3 Å². The van der Waals surface area contributed by atoms with Crippen LogP contribution in [-0.2, 0) is 0 Å². The average Bonchev–Trinajstić information content (AvgIpc) is 2.00. The molecule has 0 aliphatic rings. The van der Waals surface area contributed by atoms with Crippen LogP contribution in [0.4, 0.5) is 13.2 Å². The number of rotatable bonds is 5. The molecule has 0 radical (unpaired) electrons. The van der Waals surface area contributed by atoms with E-state index in [1.165, 1.54) is 0 Å². The topological polar surface area (TPSA) is 3.24 Å². The highest BCUT2D eigenvalue weighted by Gasteiger charge is 2.26. The van der Waals surface area contributed by atoms with Crippen LogP contribution in [0.2, 0.25) is 0 Å². The fourth-order valence-electron chi connectivity index (χ4n) is 0.880. The van der Waals surface area contributed by atoms with E-state index in [4.69, 9.17) is 6.42 Å². The smallest absolute Gasteiger partial charge is 0.306 e. The number of hydrogen-bond donors (Lipinski definition) is 0. The van der Waals surface area contributed by atoms with Crippen LogP contribution < -0.4 is 0 Å². The number of unbranched alkanes of at least 4 members (excludes halogenated alkanes) is 1. The normalized spacial score (nSPS) is 11.7. The van der Waals surface area contributed by atoms with Crippen molar-refractivity contribution >= 4 is 0 Å². The molecule has 0 aliphatic carbocycles. The summed E-state index contributed by atoms with van der Waals surface area (Å²) in [7, 11) is 1.67. The van der Waals surface area contributed by atoms with Gasteiger partial charge in [-0.25, -0.2) is 0 Å². The van der Waals surface area contributed by atoms with Gasteiger partial charge in [-0.3, -0.25) is 0 Å². The second-order valence-corrected chi connectivity index (χ2v) is 2.98. The monoisotopic (exact) mass is 193 g/mol. The molecule has 0 N–H and O–H groups in total. The van der Waals surface area contributed by atoms with Gasteiger partial charge in [-0.05, 0) is 20.0 Å². The first-order valence-corrected chi connectivity index (χ1v) is 4.14. The van der Waals surface area contributed by atoms with Crippen LogP contribution >= 0.6 is 0 Å². The molecule has 0 unspecified atom stereocenters. The van der Waals surface area contributed by atoms with Crippen LogP contribution in [0.25, 0.3) is 0 Å². The molecule has 0 saturated heterocycles. The number of nitrogens with zero attached hydrogens (tertiary/aromatic N) is 1. The summed E-state index contributed by atoms with van der Waals surface area (Å²) in [5.41, 5.74) is 0. The van der Waals surface area contributed by atoms with E-state index in [1.54, 1.807) is 11.9 Å². The Bertz CT molecular complexity index is 169. The van der Waals surface area contributed by atoms with E-state index in [1.807, 2.05) is 0 Å². The highest BCUT2D eigenvalue weighted by atomic mass is 19.4. The van der Waals surface area contributed by atoms with Crippen LogP contribution in [0.1, 0.15) is 19.3 Å². The van der Waals surface area contributed by atoms with E-state index in [0.717, 1.165) is 6.42 Å².